The predicted octanol–water partition coefficient (Wildman–Crippen LogP) is 0.549. The number of nitrogens with one attached hydrogen (secondary N) is 2. The zero-order valence-electron chi connectivity index (χ0n) is 16.1. The zero-order chi connectivity index (χ0) is 20.3. The van der Waals surface area contributed by atoms with E-state index in [1.54, 1.807) is 0 Å². The first-order valence-corrected chi connectivity index (χ1v) is 11.3. The number of amides is 1. The van der Waals surface area contributed by atoms with Crippen LogP contribution in [0.25, 0.3) is 0 Å². The van der Waals surface area contributed by atoms with E-state index in [9.17, 15) is 22.0 Å². The number of carbonyl (C=O) groups excluding carboxylic acids is 1. The van der Waals surface area contributed by atoms with Crippen LogP contribution in [-0.4, -0.2) is 57.4 Å². The molecule has 1 aliphatic heterocycles. The molecule has 1 saturated carbocycles. The Morgan fingerprint density at radius 1 is 1.18 bits per heavy atom. The summed E-state index contributed by atoms with van der Waals surface area (Å²) < 4.78 is 54.1. The van der Waals surface area contributed by atoms with Crippen LogP contribution in [0.15, 0.2) is 23.1 Å². The molecule has 1 aromatic carbocycles. The first-order chi connectivity index (χ1) is 13.3. The summed E-state index contributed by atoms with van der Waals surface area (Å²) >= 11 is 0. The fraction of sp³-hybridized carbons (Fsp3) is 0.632. The molecule has 2 fully saturated rings. The van der Waals surface area contributed by atoms with Crippen molar-refractivity contribution in [1.29, 1.82) is 0 Å². The van der Waals surface area contributed by atoms with Gasteiger partial charge in [-0.25, -0.2) is 17.2 Å². The van der Waals surface area contributed by atoms with Crippen molar-refractivity contribution < 1.29 is 26.9 Å². The second kappa shape index (κ2) is 8.84. The van der Waals surface area contributed by atoms with Gasteiger partial charge in [0.2, 0.25) is 10.0 Å². The second-order valence-corrected chi connectivity index (χ2v) is 9.69. The van der Waals surface area contributed by atoms with Gasteiger partial charge >= 0.3 is 0 Å². The van der Waals surface area contributed by atoms with Gasteiger partial charge in [-0.2, -0.15) is 4.31 Å². The van der Waals surface area contributed by atoms with Gasteiger partial charge in [-0.1, -0.05) is 25.8 Å². The molecule has 9 heteroatoms. The van der Waals surface area contributed by atoms with Crippen molar-refractivity contribution in [3.05, 3.63) is 29.8 Å². The molecule has 2 N–H and O–H groups in total. The van der Waals surface area contributed by atoms with Crippen molar-refractivity contribution in [2.75, 3.05) is 32.7 Å². The third-order valence-corrected chi connectivity index (χ3v) is 7.77. The molecule has 0 radical (unpaired) electrons. The van der Waals surface area contributed by atoms with E-state index in [-0.39, 0.29) is 31.6 Å². The largest absolute Gasteiger partial charge is 0.348 e. The predicted molar refractivity (Wildman–Crippen MR) is 100 cm³/mol. The van der Waals surface area contributed by atoms with Crippen molar-refractivity contribution in [2.45, 2.75) is 43.5 Å². The van der Waals surface area contributed by atoms with Crippen molar-refractivity contribution in [1.82, 2.24) is 9.62 Å². The minimum atomic E-state index is -4.24. The van der Waals surface area contributed by atoms with Crippen molar-refractivity contribution >= 4 is 15.9 Å². The number of piperazine rings is 1. The highest BCUT2D eigenvalue weighted by atomic mass is 32.2. The van der Waals surface area contributed by atoms with Crippen molar-refractivity contribution in [3.8, 4) is 0 Å². The Morgan fingerprint density at radius 3 is 2.39 bits per heavy atom. The molecule has 1 aliphatic carbocycles. The molecule has 1 saturated heterocycles. The average Bonchev–Trinajstić information content (AvgIpc) is 2.64. The first-order valence-electron chi connectivity index (χ1n) is 9.86. The minimum absolute atomic E-state index is 0.0230. The van der Waals surface area contributed by atoms with Crippen LogP contribution in [-0.2, 0) is 14.8 Å². The molecule has 2 aliphatic rings. The normalized spacial score (nSPS) is 24.8. The van der Waals surface area contributed by atoms with Crippen LogP contribution in [0.1, 0.15) is 32.6 Å². The summed E-state index contributed by atoms with van der Waals surface area (Å²) in [6, 6.07) is 3.23. The molecule has 28 heavy (non-hydrogen) atoms. The molecule has 6 nitrogen and oxygen atoms in total. The van der Waals surface area contributed by atoms with Gasteiger partial charge < -0.3 is 10.2 Å². The van der Waals surface area contributed by atoms with Crippen LogP contribution in [0.3, 0.4) is 0 Å². The lowest BCUT2D eigenvalue weighted by molar-refractivity contribution is -0.895. The fourth-order valence-corrected chi connectivity index (χ4v) is 5.64. The van der Waals surface area contributed by atoms with E-state index in [4.69, 9.17) is 0 Å². The van der Waals surface area contributed by atoms with E-state index >= 15 is 0 Å². The molecule has 2 atom stereocenters. The Balaban J connectivity index is 1.55. The highest BCUT2D eigenvalue weighted by Gasteiger charge is 2.35. The number of halogens is 2. The Bertz CT molecular complexity index is 790. The number of nitrogens with zero attached hydrogens (tertiary/aromatic N) is 1. The molecule has 0 unspecified atom stereocenters. The zero-order valence-corrected chi connectivity index (χ0v) is 16.9. The number of rotatable bonds is 5. The Hall–Kier alpha value is -1.58. The maximum absolute atomic E-state index is 13.9. The standard InChI is InChI=1S/C19H27F2N3O3S/c1-14-5-2-3-8-17(14)22-18(25)13-23-9-11-24(12-10-23)28(26,27)19-15(20)6-4-7-16(19)21/h4,6-7,14,17H,2-3,5,8-13H2,1H3,(H,22,25)/p+1/t14-,17+/m1/s1. The summed E-state index contributed by atoms with van der Waals surface area (Å²) in [5.74, 6) is -1.72. The molecule has 0 aromatic heterocycles. The third-order valence-electron chi connectivity index (χ3n) is 5.81. The molecule has 1 aromatic rings. The first kappa shape index (κ1) is 21.1. The van der Waals surface area contributed by atoms with Crippen LogP contribution in [0.5, 0.6) is 0 Å². The average molecular weight is 417 g/mol. The maximum atomic E-state index is 13.9. The molecule has 1 amide bonds. The third kappa shape index (κ3) is 4.69. The number of hydrogen-bond donors (Lipinski definition) is 2. The lowest BCUT2D eigenvalue weighted by Crippen LogP contribution is -3.15. The lowest BCUT2D eigenvalue weighted by Gasteiger charge is -2.33. The molecule has 0 bridgehead atoms. The Labute approximate surface area is 164 Å². The van der Waals surface area contributed by atoms with Crippen LogP contribution >= 0.6 is 0 Å². The van der Waals surface area contributed by atoms with Crippen LogP contribution in [0.4, 0.5) is 8.78 Å². The summed E-state index contributed by atoms with van der Waals surface area (Å²) in [7, 11) is -4.24. The van der Waals surface area contributed by atoms with Crippen LogP contribution in [0.2, 0.25) is 0 Å². The molecule has 0 spiro atoms. The van der Waals surface area contributed by atoms with E-state index in [1.165, 1.54) is 6.42 Å². The summed E-state index contributed by atoms with van der Waals surface area (Å²) in [6.45, 7) is 3.52. The molecule has 3 rings (SSSR count). The minimum Gasteiger partial charge on any atom is -0.348 e. The quantitative estimate of drug-likeness (QED) is 0.737. The number of benzene rings is 1. The van der Waals surface area contributed by atoms with Crippen LogP contribution < -0.4 is 10.2 Å². The Morgan fingerprint density at radius 2 is 1.79 bits per heavy atom. The van der Waals surface area contributed by atoms with E-state index < -0.39 is 26.6 Å². The summed E-state index contributed by atoms with van der Waals surface area (Å²) in [5.41, 5.74) is 0. The van der Waals surface area contributed by atoms with E-state index in [2.05, 4.69) is 12.2 Å². The van der Waals surface area contributed by atoms with Gasteiger partial charge in [0, 0.05) is 6.04 Å². The molecular formula is C19H28F2N3O3S+. The molecule has 156 valence electrons. The Kier molecular flexibility index (Phi) is 6.67. The van der Waals surface area contributed by atoms with E-state index in [0.29, 0.717) is 19.0 Å². The smallest absolute Gasteiger partial charge is 0.275 e. The van der Waals surface area contributed by atoms with Crippen molar-refractivity contribution in [2.24, 2.45) is 5.92 Å². The summed E-state index contributed by atoms with van der Waals surface area (Å²) in [4.78, 5) is 12.4. The van der Waals surface area contributed by atoms with Crippen LogP contribution in [0, 0.1) is 17.6 Å². The highest BCUT2D eigenvalue weighted by Crippen LogP contribution is 2.24. The number of quaternary nitrogens is 1. The van der Waals surface area contributed by atoms with Crippen molar-refractivity contribution in [3.63, 3.8) is 0 Å². The summed E-state index contributed by atoms with van der Waals surface area (Å²) in [5, 5.41) is 3.11. The van der Waals surface area contributed by atoms with E-state index in [1.807, 2.05) is 0 Å². The van der Waals surface area contributed by atoms with Gasteiger partial charge in [0.1, 0.15) is 11.6 Å². The molecular weight excluding hydrogens is 388 g/mol. The van der Waals surface area contributed by atoms with Gasteiger partial charge in [0.25, 0.3) is 5.91 Å². The SMILES string of the molecule is C[C@@H]1CCCC[C@@H]1NC(=O)C[NH+]1CCN(S(=O)(=O)c2c(F)cccc2F)CC1. The van der Waals surface area contributed by atoms with Gasteiger partial charge in [-0.05, 0) is 30.9 Å². The molecule has 1 heterocycles. The summed E-state index contributed by atoms with van der Waals surface area (Å²) in [6.07, 6.45) is 4.46. The van der Waals surface area contributed by atoms with Gasteiger partial charge in [0.05, 0.1) is 26.2 Å². The fourth-order valence-electron chi connectivity index (χ4n) is 4.09. The monoisotopic (exact) mass is 416 g/mol. The number of hydrogen-bond acceptors (Lipinski definition) is 3. The highest BCUT2D eigenvalue weighted by molar-refractivity contribution is 7.89. The second-order valence-electron chi connectivity index (χ2n) is 7.82. The van der Waals surface area contributed by atoms with Gasteiger partial charge in [-0.3, -0.25) is 4.79 Å². The number of carbonyl (C=O) groups is 1. The van der Waals surface area contributed by atoms with E-state index in [0.717, 1.165) is 46.7 Å². The lowest BCUT2D eigenvalue weighted by atomic mass is 9.86. The van der Waals surface area contributed by atoms with Gasteiger partial charge in [0.15, 0.2) is 11.4 Å². The topological polar surface area (TPSA) is 70.9 Å². The maximum Gasteiger partial charge on any atom is 0.275 e. The van der Waals surface area contributed by atoms with Gasteiger partial charge in [-0.15, -0.1) is 0 Å². The number of sulfonamides is 1.